The Balaban J connectivity index is 0.000000208. The zero-order valence-corrected chi connectivity index (χ0v) is 67.3. The van der Waals surface area contributed by atoms with Crippen molar-refractivity contribution in [3.05, 3.63) is 145 Å². The van der Waals surface area contributed by atoms with E-state index in [1.54, 1.807) is 53.8 Å². The number of aromatic nitrogens is 2. The van der Waals surface area contributed by atoms with Gasteiger partial charge in [-0.1, -0.05) is 98.7 Å². The van der Waals surface area contributed by atoms with Crippen molar-refractivity contribution in [2.45, 2.75) is 179 Å². The fourth-order valence-corrected chi connectivity index (χ4v) is 17.0. The van der Waals surface area contributed by atoms with Crippen molar-refractivity contribution < 1.29 is 135 Å². The molecule has 2 aromatic heterocycles. The summed E-state index contributed by atoms with van der Waals surface area (Å²) in [5.41, 5.74) is -5.98. The number of thiazole rings is 2. The minimum absolute atomic E-state index is 0.0485. The number of hydroxylamine groups is 4. The van der Waals surface area contributed by atoms with Gasteiger partial charge in [0.2, 0.25) is 11.2 Å². The molecular formula is C80H79N9O28S2. The normalized spacial score (nSPS) is 24.2. The number of nitrogens with two attached hydrogens (primary N) is 1. The summed E-state index contributed by atoms with van der Waals surface area (Å²) in [7, 11) is 0. The average Bonchev–Trinajstić information content (AvgIpc) is 1.58. The van der Waals surface area contributed by atoms with Crippen LogP contribution in [-0.2, 0) is 92.0 Å². The van der Waals surface area contributed by atoms with Gasteiger partial charge in [-0.25, -0.2) is 38.7 Å². The monoisotopic (exact) mass is 1680 g/mol. The Labute approximate surface area is 683 Å². The summed E-state index contributed by atoms with van der Waals surface area (Å²) < 4.78 is 35.3. The van der Waals surface area contributed by atoms with Gasteiger partial charge < -0.3 is 64.3 Å². The summed E-state index contributed by atoms with van der Waals surface area (Å²) in [6.45, 7) is 18.1. The molecule has 4 aromatic carbocycles. The number of esters is 4. The predicted molar refractivity (Wildman–Crippen MR) is 405 cm³/mol. The maximum Gasteiger partial charge on any atom is 0.375 e. The van der Waals surface area contributed by atoms with Crippen molar-refractivity contribution in [3.8, 4) is 23.0 Å². The van der Waals surface area contributed by atoms with Gasteiger partial charge in [-0.15, -0.1) is 22.7 Å². The first-order chi connectivity index (χ1) is 55.7. The fraction of sp³-hybridized carbons (Fsp3) is 0.425. The molecular weight excluding hydrogens is 1600 g/mol. The van der Waals surface area contributed by atoms with Gasteiger partial charge in [0.05, 0.1) is 65.2 Å². The van der Waals surface area contributed by atoms with E-state index in [1.165, 1.54) is 28.8 Å². The number of carboxylic acids is 2. The van der Waals surface area contributed by atoms with Crippen molar-refractivity contribution in [1.29, 1.82) is 0 Å². The first-order valence-electron chi connectivity index (χ1n) is 37.3. The number of cyclic esters (lactones) is 2. The van der Waals surface area contributed by atoms with E-state index in [-0.39, 0.29) is 97.6 Å². The summed E-state index contributed by atoms with van der Waals surface area (Å²) in [4.78, 5) is 222. The number of nitrogens with zero attached hydrogens (tertiary/aromatic N) is 8. The number of nitrogen functional groups attached to an aromatic ring is 1. The lowest BCUT2D eigenvalue weighted by atomic mass is 9.61. The van der Waals surface area contributed by atoms with E-state index in [1.807, 2.05) is 88.4 Å². The number of phenols is 2. The van der Waals surface area contributed by atoms with Crippen LogP contribution >= 0.6 is 22.7 Å². The molecule has 6 fully saturated rings. The summed E-state index contributed by atoms with van der Waals surface area (Å²) in [5, 5.41) is 52.0. The number of fused-ring (bicyclic) bond motifs is 3. The van der Waals surface area contributed by atoms with E-state index < -0.39 is 202 Å². The van der Waals surface area contributed by atoms with Crippen LogP contribution in [0.1, 0.15) is 190 Å². The molecule has 39 heteroatoms. The van der Waals surface area contributed by atoms with Crippen molar-refractivity contribution >= 4 is 122 Å². The summed E-state index contributed by atoms with van der Waals surface area (Å²) in [6, 6.07) is 19.0. The second-order valence-electron chi connectivity index (χ2n) is 33.6. The third-order valence-electron chi connectivity index (χ3n) is 20.9. The number of carbonyl (C=O) groups excluding carboxylic acids is 12. The zero-order chi connectivity index (χ0) is 86.1. The van der Waals surface area contributed by atoms with Crippen LogP contribution in [0.2, 0.25) is 0 Å². The highest BCUT2D eigenvalue weighted by Gasteiger charge is 2.69. The molecule has 6 amide bonds. The summed E-state index contributed by atoms with van der Waals surface area (Å²) >= 11 is 2.19. The molecule has 624 valence electrons. The number of ketones is 2. The van der Waals surface area contributed by atoms with Crippen LogP contribution in [0.4, 0.5) is 5.13 Å². The number of benzene rings is 4. The zero-order valence-electron chi connectivity index (χ0n) is 65.7. The molecule has 0 bridgehead atoms. The van der Waals surface area contributed by atoms with Crippen molar-refractivity contribution in [2.75, 3.05) is 18.9 Å². The van der Waals surface area contributed by atoms with E-state index in [4.69, 9.17) is 53.5 Å². The standard InChI is InChI=1S/C51H52N4O14S.C29H27N5O14S/c1-28-52-34(25-70-28)39(53-69-49(26-48(8,9)27-49)44(61)67-46(2,3)4)36(56)20-29-24-63-55(40(29)57)50(45(62)68-47(5,6)7)23-35(43(60)66-50)54-41(58)32-21-37-38(22-33(32)42(54)59)65-51(64-37,30-16-12-10-13-17-30)31-18-14-11-15-19-31;1-27(2)9-28(10-27,24(42)43)48-32-19(14-8-49-26(30)31-14)18(37)3-11-7-46-34(20(11)38)29(25(44)45)6-15(23(41)47-29)33-21(39)12-4-16(35)17(36)5-13(12)22(33)40/h10-19,21-22,25,29,35H,20,23-24,26-27H2,1-9H3;4-5,8,11,15,35-36H,3,6-7,9-10H2,1-2H3,(H2,30,31)(H,42,43)(H,44,45)/b53-39-;32-19-/t29-,35-,50?;11-,15-,29?/m00/s1. The molecule has 37 nitrogen and oxygen atoms in total. The largest absolute Gasteiger partial charge is 0.504 e. The van der Waals surface area contributed by atoms with E-state index in [9.17, 15) is 87.5 Å². The number of phenolic OH excluding ortho intramolecular Hbond substituents is 2. The number of carbonyl (C=O) groups is 14. The maximum atomic E-state index is 14.5. The highest BCUT2D eigenvalue weighted by Crippen LogP contribution is 2.55. The summed E-state index contributed by atoms with van der Waals surface area (Å²) in [5.74, 6) is -20.5. The smallest absolute Gasteiger partial charge is 0.375 e. The third kappa shape index (κ3) is 14.9. The second kappa shape index (κ2) is 29.5. The first-order valence-corrected chi connectivity index (χ1v) is 39.0. The number of Topliss-reactive ketones (excluding diaryl/α,β-unsaturated/α-hetero) is 2. The van der Waals surface area contributed by atoms with Crippen molar-refractivity contribution in [1.82, 2.24) is 29.9 Å². The van der Waals surface area contributed by atoms with Crippen LogP contribution < -0.4 is 15.2 Å². The Kier molecular flexibility index (Phi) is 20.5. The number of carboxylic acid groups (broad SMARTS) is 2. The molecule has 15 rings (SSSR count). The number of ether oxygens (including phenoxy) is 6. The first kappa shape index (κ1) is 82.9. The van der Waals surface area contributed by atoms with Gasteiger partial charge in [0.1, 0.15) is 34.7 Å². The van der Waals surface area contributed by atoms with Crippen LogP contribution in [0.25, 0.3) is 0 Å². The Morgan fingerprint density at radius 2 is 0.933 bits per heavy atom. The van der Waals surface area contributed by atoms with Gasteiger partial charge in [-0.3, -0.25) is 57.8 Å². The minimum atomic E-state index is -2.87. The van der Waals surface area contributed by atoms with E-state index in [0.717, 1.165) is 23.5 Å². The number of aromatic hydroxyl groups is 2. The lowest BCUT2D eigenvalue weighted by molar-refractivity contribution is -0.263. The van der Waals surface area contributed by atoms with Gasteiger partial charge in [0, 0.05) is 60.4 Å². The topological polar surface area (TPSA) is 502 Å². The quantitative estimate of drug-likeness (QED) is 0.0114. The van der Waals surface area contributed by atoms with E-state index in [0.29, 0.717) is 31.0 Å². The van der Waals surface area contributed by atoms with Crippen LogP contribution in [0, 0.1) is 29.6 Å². The SMILES string of the molecule is CC1(C)CC(O/N=C(\C(=O)C[C@H]2CON(C3(C(=O)O)C[C@H](N4C(=O)c5cc(O)c(O)cc5C4=O)C(=O)O3)C2=O)c2csc(N)n2)(C(=O)O)C1.Cc1nc(/C(=N/OC2(C(=O)OC(C)(C)C)CC(C)(C)C2)C(=O)C[C@H]2CON(C3(C(=O)OC(C)(C)C)C[C@H](N4C(=O)c5cc6c(cc5C4=O)OC(c4ccccc4)(c4ccccc4)O6)C(=O)O3)C2=O)cs1. The Hall–Kier alpha value is -12.6. The van der Waals surface area contributed by atoms with Crippen LogP contribution in [0.3, 0.4) is 0 Å². The number of rotatable bonds is 22. The Morgan fingerprint density at radius 1 is 0.538 bits per heavy atom. The number of anilines is 1. The van der Waals surface area contributed by atoms with Gasteiger partial charge in [0.25, 0.3) is 35.4 Å². The molecule has 2 saturated carbocycles. The number of hydrogen-bond acceptors (Lipinski definition) is 33. The molecule has 0 radical (unpaired) electrons. The van der Waals surface area contributed by atoms with Crippen LogP contribution in [-0.4, -0.2) is 204 Å². The number of aliphatic carboxylic acids is 2. The van der Waals surface area contributed by atoms with Crippen LogP contribution in [0.5, 0.6) is 23.0 Å². The molecule has 2 unspecified atom stereocenters. The van der Waals surface area contributed by atoms with E-state index in [2.05, 4.69) is 20.3 Å². The molecule has 9 aliphatic rings. The Morgan fingerprint density at radius 3 is 1.34 bits per heavy atom. The predicted octanol–water partition coefficient (Wildman–Crippen LogP) is 6.99. The molecule has 4 saturated heterocycles. The van der Waals surface area contributed by atoms with Gasteiger partial charge >= 0.3 is 53.1 Å². The van der Waals surface area contributed by atoms with Gasteiger partial charge in [-0.05, 0) is 83.6 Å². The third-order valence-corrected chi connectivity index (χ3v) is 22.4. The molecule has 7 aliphatic heterocycles. The maximum absolute atomic E-state index is 14.5. The van der Waals surface area contributed by atoms with Gasteiger partial charge in [0.15, 0.2) is 51.1 Å². The van der Waals surface area contributed by atoms with Crippen molar-refractivity contribution in [3.63, 3.8) is 0 Å². The molecule has 9 heterocycles. The summed E-state index contributed by atoms with van der Waals surface area (Å²) in [6.07, 6.45) is -2.29. The Bertz CT molecular complexity index is 5290. The number of hydrogen-bond donors (Lipinski definition) is 5. The highest BCUT2D eigenvalue weighted by atomic mass is 32.1. The number of aryl methyl sites for hydroxylation is 1. The average molecular weight is 1680 g/mol. The molecule has 119 heavy (non-hydrogen) atoms. The molecule has 0 spiro atoms. The van der Waals surface area contributed by atoms with Crippen molar-refractivity contribution in [2.24, 2.45) is 33.0 Å². The number of amides is 6. The number of oxime groups is 2. The molecule has 6 atom stereocenters. The van der Waals surface area contributed by atoms with Gasteiger partial charge in [-0.2, -0.15) is 10.1 Å². The molecule has 6 N–H and O–H groups in total. The fourth-order valence-electron chi connectivity index (χ4n) is 15.9. The number of imide groups is 2. The lowest BCUT2D eigenvalue weighted by Gasteiger charge is -2.49. The van der Waals surface area contributed by atoms with Crippen LogP contribution in [0.15, 0.2) is 106 Å². The molecule has 6 aromatic rings. The lowest BCUT2D eigenvalue weighted by Crippen LogP contribution is -2.57. The molecule has 2 aliphatic carbocycles. The minimum Gasteiger partial charge on any atom is -0.504 e. The highest BCUT2D eigenvalue weighted by molar-refractivity contribution is 7.13. The second-order valence-corrected chi connectivity index (χ2v) is 35.6. The van der Waals surface area contributed by atoms with E-state index >= 15 is 0 Å².